The molecule has 1 fully saturated rings. The third-order valence-corrected chi connectivity index (χ3v) is 5.19. The Labute approximate surface area is 121 Å². The molecule has 1 atom stereocenters. The second-order valence-electron chi connectivity index (χ2n) is 4.71. The molecular weight excluding hydrogens is 300 g/mol. The van der Waals surface area contributed by atoms with Gasteiger partial charge >= 0.3 is 5.82 Å². The van der Waals surface area contributed by atoms with Gasteiger partial charge in [-0.25, -0.2) is 8.42 Å². The molecule has 10 heteroatoms. The van der Waals surface area contributed by atoms with Crippen LogP contribution >= 0.6 is 0 Å². The lowest BCUT2D eigenvalue weighted by Gasteiger charge is -2.30. The highest BCUT2D eigenvalue weighted by Gasteiger charge is 2.32. The van der Waals surface area contributed by atoms with Crippen molar-refractivity contribution in [3.63, 3.8) is 0 Å². The number of hydrogen-bond donors (Lipinski definition) is 1. The number of piperidine rings is 1. The van der Waals surface area contributed by atoms with E-state index in [-0.39, 0.29) is 23.9 Å². The fourth-order valence-corrected chi connectivity index (χ4v) is 3.61. The van der Waals surface area contributed by atoms with Gasteiger partial charge in [0.1, 0.15) is 4.90 Å². The van der Waals surface area contributed by atoms with Crippen molar-refractivity contribution in [1.29, 1.82) is 0 Å². The van der Waals surface area contributed by atoms with Gasteiger partial charge in [0.25, 0.3) is 0 Å². The Bertz CT molecular complexity index is 670. The Kier molecular flexibility index (Phi) is 4.19. The van der Waals surface area contributed by atoms with Crippen LogP contribution in [0.1, 0.15) is 13.3 Å². The maximum atomic E-state index is 12.4. The zero-order valence-electron chi connectivity index (χ0n) is 11.2. The summed E-state index contributed by atoms with van der Waals surface area (Å²) in [4.78, 5) is 13.3. The average molecular weight is 314 g/mol. The predicted molar refractivity (Wildman–Crippen MR) is 72.7 cm³/mol. The van der Waals surface area contributed by atoms with E-state index in [9.17, 15) is 18.5 Å². The van der Waals surface area contributed by atoms with Gasteiger partial charge in [-0.15, -0.1) is 0 Å². The maximum Gasteiger partial charge on any atom is 0.363 e. The summed E-state index contributed by atoms with van der Waals surface area (Å²) < 4.78 is 26.1. The lowest BCUT2D eigenvalue weighted by atomic mass is 10.00. The number of oxime groups is 1. The van der Waals surface area contributed by atoms with Gasteiger partial charge < -0.3 is 15.3 Å². The molecule has 1 aromatic heterocycles. The minimum Gasteiger partial charge on any atom is -0.411 e. The molecule has 0 radical (unpaired) electrons. The van der Waals surface area contributed by atoms with Crippen molar-refractivity contribution >= 4 is 21.6 Å². The fourth-order valence-electron chi connectivity index (χ4n) is 2.14. The third-order valence-electron chi connectivity index (χ3n) is 3.34. The predicted octanol–water partition coefficient (Wildman–Crippen LogP) is 0.851. The summed E-state index contributed by atoms with van der Waals surface area (Å²) in [5, 5.41) is 22.5. The molecule has 0 amide bonds. The number of hydrogen-bond acceptors (Lipinski definition) is 7. The van der Waals surface area contributed by atoms with E-state index in [0.29, 0.717) is 12.1 Å². The molecule has 0 saturated carbocycles. The molecule has 0 aliphatic carbocycles. The SMILES string of the molecule is CC1CN(S(=O)(=O)c2ccc([N+](=O)[O-])nc2)CC/C1=N\O. The Morgan fingerprint density at radius 2 is 2.24 bits per heavy atom. The standard InChI is InChI=1S/C11H14N4O5S/c1-8-7-14(5-4-10(8)13-16)21(19,20)9-2-3-11(12-6-9)15(17)18/h2-3,6,8,16H,4-5,7H2,1H3/b13-10+. The Hall–Kier alpha value is -2.07. The first-order valence-electron chi connectivity index (χ1n) is 6.17. The van der Waals surface area contributed by atoms with Crippen molar-refractivity contribution in [3.8, 4) is 0 Å². The molecule has 2 rings (SSSR count). The molecule has 2 heterocycles. The lowest BCUT2D eigenvalue weighted by molar-refractivity contribution is -0.389. The van der Waals surface area contributed by atoms with Crippen LogP contribution in [0.2, 0.25) is 0 Å². The number of sulfonamides is 1. The minimum absolute atomic E-state index is 0.0929. The van der Waals surface area contributed by atoms with Gasteiger partial charge in [0.15, 0.2) is 6.20 Å². The molecule has 21 heavy (non-hydrogen) atoms. The highest BCUT2D eigenvalue weighted by Crippen LogP contribution is 2.22. The third kappa shape index (κ3) is 3.00. The van der Waals surface area contributed by atoms with E-state index < -0.39 is 20.8 Å². The summed E-state index contributed by atoms with van der Waals surface area (Å²) in [6.07, 6.45) is 1.32. The first-order valence-corrected chi connectivity index (χ1v) is 7.61. The zero-order valence-corrected chi connectivity index (χ0v) is 12.0. The number of nitro groups is 1. The molecule has 0 bridgehead atoms. The Balaban J connectivity index is 2.24. The monoisotopic (exact) mass is 314 g/mol. The summed E-state index contributed by atoms with van der Waals surface area (Å²) >= 11 is 0. The van der Waals surface area contributed by atoms with E-state index in [4.69, 9.17) is 5.21 Å². The van der Waals surface area contributed by atoms with Crippen molar-refractivity contribution in [2.45, 2.75) is 18.2 Å². The normalized spacial score (nSPS) is 22.3. The van der Waals surface area contributed by atoms with Gasteiger partial charge in [-0.05, 0) is 16.0 Å². The van der Waals surface area contributed by atoms with Crippen LogP contribution in [-0.4, -0.2) is 46.6 Å². The molecule has 1 aliphatic heterocycles. The number of rotatable bonds is 3. The molecular formula is C11H14N4O5S. The maximum absolute atomic E-state index is 12.4. The average Bonchev–Trinajstić information content (AvgIpc) is 2.47. The molecule has 1 saturated heterocycles. The van der Waals surface area contributed by atoms with Crippen LogP contribution in [0.25, 0.3) is 0 Å². The first kappa shape index (κ1) is 15.3. The molecule has 1 unspecified atom stereocenters. The van der Waals surface area contributed by atoms with Gasteiger partial charge in [-0.1, -0.05) is 12.1 Å². The summed E-state index contributed by atoms with van der Waals surface area (Å²) in [7, 11) is -3.76. The second kappa shape index (κ2) is 5.74. The van der Waals surface area contributed by atoms with Gasteiger partial charge in [0, 0.05) is 31.5 Å². The van der Waals surface area contributed by atoms with Gasteiger partial charge in [0.05, 0.1) is 5.71 Å². The minimum atomic E-state index is -3.76. The van der Waals surface area contributed by atoms with E-state index in [0.717, 1.165) is 12.3 Å². The van der Waals surface area contributed by atoms with E-state index in [1.165, 1.54) is 10.4 Å². The van der Waals surface area contributed by atoms with Crippen molar-refractivity contribution in [2.75, 3.05) is 13.1 Å². The van der Waals surface area contributed by atoms with Gasteiger partial charge in [0.2, 0.25) is 10.0 Å². The highest BCUT2D eigenvalue weighted by molar-refractivity contribution is 7.89. The molecule has 1 aromatic rings. The lowest BCUT2D eigenvalue weighted by Crippen LogP contribution is -2.43. The van der Waals surface area contributed by atoms with Gasteiger partial charge in [-0.3, -0.25) is 0 Å². The molecule has 9 nitrogen and oxygen atoms in total. The van der Waals surface area contributed by atoms with Crippen molar-refractivity contribution in [2.24, 2.45) is 11.1 Å². The van der Waals surface area contributed by atoms with Crippen molar-refractivity contribution < 1.29 is 18.5 Å². The van der Waals surface area contributed by atoms with Crippen LogP contribution < -0.4 is 0 Å². The summed E-state index contributed by atoms with van der Waals surface area (Å²) in [6.45, 7) is 2.16. The number of pyridine rings is 1. The summed E-state index contributed by atoms with van der Waals surface area (Å²) in [5.74, 6) is -0.597. The smallest absolute Gasteiger partial charge is 0.363 e. The number of aromatic nitrogens is 1. The van der Waals surface area contributed by atoms with E-state index in [2.05, 4.69) is 10.1 Å². The van der Waals surface area contributed by atoms with Crippen LogP contribution in [0.4, 0.5) is 5.82 Å². The Morgan fingerprint density at radius 1 is 1.52 bits per heavy atom. The first-order chi connectivity index (χ1) is 9.86. The fraction of sp³-hybridized carbons (Fsp3) is 0.455. The zero-order chi connectivity index (χ0) is 15.6. The highest BCUT2D eigenvalue weighted by atomic mass is 32.2. The van der Waals surface area contributed by atoms with Crippen LogP contribution in [0, 0.1) is 16.0 Å². The molecule has 114 valence electrons. The quantitative estimate of drug-likeness (QED) is 0.500. The van der Waals surface area contributed by atoms with Crippen LogP contribution in [0.3, 0.4) is 0 Å². The second-order valence-corrected chi connectivity index (χ2v) is 6.65. The van der Waals surface area contributed by atoms with Gasteiger partial charge in [-0.2, -0.15) is 4.31 Å². The van der Waals surface area contributed by atoms with Crippen molar-refractivity contribution in [1.82, 2.24) is 9.29 Å². The number of nitrogens with zero attached hydrogens (tertiary/aromatic N) is 4. The molecule has 0 aromatic carbocycles. The van der Waals surface area contributed by atoms with Crippen LogP contribution in [0.5, 0.6) is 0 Å². The Morgan fingerprint density at radius 3 is 2.71 bits per heavy atom. The topological polar surface area (TPSA) is 126 Å². The summed E-state index contributed by atoms with van der Waals surface area (Å²) in [5.41, 5.74) is 0.559. The largest absolute Gasteiger partial charge is 0.411 e. The van der Waals surface area contributed by atoms with E-state index in [1.54, 1.807) is 6.92 Å². The molecule has 1 N–H and O–H groups in total. The summed E-state index contributed by atoms with van der Waals surface area (Å²) in [6, 6.07) is 2.22. The van der Waals surface area contributed by atoms with Crippen LogP contribution in [-0.2, 0) is 10.0 Å². The molecule has 0 spiro atoms. The molecule has 1 aliphatic rings. The van der Waals surface area contributed by atoms with Crippen LogP contribution in [0.15, 0.2) is 28.4 Å². The van der Waals surface area contributed by atoms with Crippen molar-refractivity contribution in [3.05, 3.63) is 28.4 Å². The van der Waals surface area contributed by atoms with E-state index in [1.807, 2.05) is 0 Å². The van der Waals surface area contributed by atoms with E-state index >= 15 is 0 Å².